The lowest BCUT2D eigenvalue weighted by molar-refractivity contribution is 0.0714. The molecule has 4 rings (SSSR count). The zero-order chi connectivity index (χ0) is 24.2. The van der Waals surface area contributed by atoms with Gasteiger partial charge in [-0.2, -0.15) is 0 Å². The van der Waals surface area contributed by atoms with Gasteiger partial charge in [-0.1, -0.05) is 29.3 Å². The van der Waals surface area contributed by atoms with Gasteiger partial charge in [0, 0.05) is 31.9 Å². The molecule has 2 amide bonds. The molecule has 2 heterocycles. The molecular formula is C24H22Cl2N4O3S. The van der Waals surface area contributed by atoms with Gasteiger partial charge in [-0.15, -0.1) is 0 Å². The van der Waals surface area contributed by atoms with E-state index in [1.807, 2.05) is 25.1 Å². The highest BCUT2D eigenvalue weighted by atomic mass is 35.5. The van der Waals surface area contributed by atoms with Crippen molar-refractivity contribution in [3.63, 3.8) is 0 Å². The second-order valence-corrected chi connectivity index (χ2v) is 9.04. The zero-order valence-electron chi connectivity index (χ0n) is 18.3. The molecule has 0 spiro atoms. The minimum atomic E-state index is -0.396. The van der Waals surface area contributed by atoms with Gasteiger partial charge in [0.2, 0.25) is 0 Å². The Labute approximate surface area is 212 Å². The van der Waals surface area contributed by atoms with Crippen LogP contribution in [0.15, 0.2) is 59.2 Å². The monoisotopic (exact) mass is 516 g/mol. The summed E-state index contributed by atoms with van der Waals surface area (Å²) in [6, 6.07) is 14.0. The molecule has 34 heavy (non-hydrogen) atoms. The Morgan fingerprint density at radius 3 is 2.41 bits per heavy atom. The van der Waals surface area contributed by atoms with Gasteiger partial charge >= 0.3 is 0 Å². The highest BCUT2D eigenvalue weighted by Crippen LogP contribution is 2.30. The van der Waals surface area contributed by atoms with Crippen LogP contribution in [-0.2, 0) is 0 Å². The molecule has 0 atom stereocenters. The van der Waals surface area contributed by atoms with E-state index in [0.717, 1.165) is 11.3 Å². The van der Waals surface area contributed by atoms with Crippen molar-refractivity contribution in [3.8, 4) is 0 Å². The maximum absolute atomic E-state index is 12.5. The van der Waals surface area contributed by atoms with Crippen molar-refractivity contribution in [1.82, 2.24) is 10.2 Å². The number of furan rings is 1. The van der Waals surface area contributed by atoms with Crippen LogP contribution in [0.2, 0.25) is 10.0 Å². The Balaban J connectivity index is 1.33. The largest absolute Gasteiger partial charge is 0.459 e. The lowest BCUT2D eigenvalue weighted by atomic mass is 10.1. The zero-order valence-corrected chi connectivity index (χ0v) is 20.6. The van der Waals surface area contributed by atoms with E-state index in [1.165, 1.54) is 6.26 Å². The minimum Gasteiger partial charge on any atom is -0.459 e. The van der Waals surface area contributed by atoms with Gasteiger partial charge in [-0.25, -0.2) is 0 Å². The molecule has 0 aliphatic carbocycles. The van der Waals surface area contributed by atoms with Crippen molar-refractivity contribution in [1.29, 1.82) is 0 Å². The Morgan fingerprint density at radius 2 is 1.76 bits per heavy atom. The summed E-state index contributed by atoms with van der Waals surface area (Å²) in [7, 11) is 0. The fraction of sp³-hybridized carbons (Fsp3) is 0.208. The van der Waals surface area contributed by atoms with Gasteiger partial charge in [0.15, 0.2) is 10.9 Å². The second-order valence-electron chi connectivity index (χ2n) is 7.81. The second kappa shape index (κ2) is 10.5. The van der Waals surface area contributed by atoms with Crippen LogP contribution in [0.5, 0.6) is 0 Å². The van der Waals surface area contributed by atoms with Crippen molar-refractivity contribution in [3.05, 3.63) is 81.7 Å². The summed E-state index contributed by atoms with van der Waals surface area (Å²) < 4.78 is 5.21. The number of halogens is 2. The van der Waals surface area contributed by atoms with Crippen molar-refractivity contribution in [2.75, 3.05) is 36.4 Å². The highest BCUT2D eigenvalue weighted by Gasteiger charge is 2.24. The maximum atomic E-state index is 12.5. The van der Waals surface area contributed by atoms with Crippen LogP contribution in [0.4, 0.5) is 11.4 Å². The molecule has 1 aromatic heterocycles. The van der Waals surface area contributed by atoms with Crippen molar-refractivity contribution in [2.24, 2.45) is 0 Å². The van der Waals surface area contributed by atoms with Crippen LogP contribution in [0.3, 0.4) is 0 Å². The van der Waals surface area contributed by atoms with Crippen molar-refractivity contribution < 1.29 is 14.0 Å². The molecule has 0 saturated carbocycles. The first-order valence-electron chi connectivity index (χ1n) is 10.6. The number of hydrogen-bond acceptors (Lipinski definition) is 5. The molecule has 2 aromatic carbocycles. The maximum Gasteiger partial charge on any atom is 0.289 e. The number of hydrogen-bond donors (Lipinski definition) is 2. The normalized spacial score (nSPS) is 13.5. The average Bonchev–Trinajstić information content (AvgIpc) is 3.34. The number of anilines is 2. The van der Waals surface area contributed by atoms with Gasteiger partial charge in [-0.3, -0.25) is 14.9 Å². The molecule has 1 fully saturated rings. The number of carbonyl (C=O) groups is 2. The van der Waals surface area contributed by atoms with Crippen LogP contribution in [0, 0.1) is 6.92 Å². The summed E-state index contributed by atoms with van der Waals surface area (Å²) in [5.41, 5.74) is 2.80. The molecule has 1 saturated heterocycles. The third-order valence-corrected chi connectivity index (χ3v) is 6.26. The molecule has 1 aliphatic rings. The molecule has 2 N–H and O–H groups in total. The third kappa shape index (κ3) is 5.52. The van der Waals surface area contributed by atoms with E-state index < -0.39 is 5.91 Å². The Morgan fingerprint density at radius 1 is 1.00 bits per heavy atom. The Kier molecular flexibility index (Phi) is 7.41. The van der Waals surface area contributed by atoms with Crippen molar-refractivity contribution in [2.45, 2.75) is 6.92 Å². The predicted molar refractivity (Wildman–Crippen MR) is 138 cm³/mol. The number of nitrogens with zero attached hydrogens (tertiary/aromatic N) is 2. The number of amides is 2. The number of aryl methyl sites for hydroxylation is 1. The molecule has 176 valence electrons. The minimum absolute atomic E-state index is 0.113. The molecule has 10 heteroatoms. The summed E-state index contributed by atoms with van der Waals surface area (Å²) in [6.45, 7) is 4.31. The quantitative estimate of drug-likeness (QED) is 0.476. The SMILES string of the molecule is Cc1ccc(C(=O)NC(=S)Nc2ccc(N3CCN(C(=O)c4ccco4)CC3)c(Cl)c2)c(Cl)c1. The Bertz CT molecular complexity index is 1220. The number of rotatable bonds is 4. The Hall–Kier alpha value is -3.07. The third-order valence-electron chi connectivity index (χ3n) is 5.44. The number of nitrogens with one attached hydrogen (secondary N) is 2. The van der Waals surface area contributed by atoms with Gasteiger partial charge in [-0.05, 0) is 67.2 Å². The lowest BCUT2D eigenvalue weighted by Crippen LogP contribution is -2.48. The predicted octanol–water partition coefficient (Wildman–Crippen LogP) is 4.98. The van der Waals surface area contributed by atoms with Gasteiger partial charge < -0.3 is 19.5 Å². The van der Waals surface area contributed by atoms with Crippen LogP contribution < -0.4 is 15.5 Å². The van der Waals surface area contributed by atoms with E-state index in [9.17, 15) is 9.59 Å². The number of carbonyl (C=O) groups excluding carboxylic acids is 2. The molecule has 7 nitrogen and oxygen atoms in total. The topological polar surface area (TPSA) is 77.8 Å². The fourth-order valence-electron chi connectivity index (χ4n) is 3.68. The number of benzene rings is 2. The molecule has 0 radical (unpaired) electrons. The first kappa shape index (κ1) is 24.1. The molecule has 0 bridgehead atoms. The van der Waals surface area contributed by atoms with Gasteiger partial charge in [0.25, 0.3) is 11.8 Å². The first-order valence-corrected chi connectivity index (χ1v) is 11.7. The highest BCUT2D eigenvalue weighted by molar-refractivity contribution is 7.80. The van der Waals surface area contributed by atoms with E-state index in [4.69, 9.17) is 39.8 Å². The van der Waals surface area contributed by atoms with E-state index in [0.29, 0.717) is 53.2 Å². The standard InChI is InChI=1S/C24H22Cl2N4O3S/c1-15-4-6-17(18(25)13-15)22(31)28-24(34)27-16-5-7-20(19(26)14-16)29-8-10-30(11-9-29)23(32)21-3-2-12-33-21/h2-7,12-14H,8-11H2,1H3,(H2,27,28,31,34). The summed E-state index contributed by atoms with van der Waals surface area (Å²) in [4.78, 5) is 28.8. The van der Waals surface area contributed by atoms with Crippen molar-refractivity contribution >= 4 is 63.7 Å². The molecule has 0 unspecified atom stereocenters. The van der Waals surface area contributed by atoms with E-state index in [-0.39, 0.29) is 11.0 Å². The number of thiocarbonyl (C=S) groups is 1. The van der Waals surface area contributed by atoms with Crippen LogP contribution in [0.25, 0.3) is 0 Å². The first-order chi connectivity index (χ1) is 16.3. The summed E-state index contributed by atoms with van der Waals surface area (Å²) in [5.74, 6) is -0.167. The van der Waals surface area contributed by atoms with Crippen LogP contribution >= 0.6 is 35.4 Å². The molecule has 1 aliphatic heterocycles. The summed E-state index contributed by atoms with van der Waals surface area (Å²) in [6.07, 6.45) is 1.49. The smallest absolute Gasteiger partial charge is 0.289 e. The number of piperazine rings is 1. The summed E-state index contributed by atoms with van der Waals surface area (Å²) in [5, 5.41) is 6.63. The van der Waals surface area contributed by atoms with Crippen LogP contribution in [-0.4, -0.2) is 48.0 Å². The van der Waals surface area contributed by atoms with Crippen LogP contribution in [0.1, 0.15) is 26.5 Å². The average molecular weight is 517 g/mol. The van der Waals surface area contributed by atoms with E-state index in [1.54, 1.807) is 35.2 Å². The van der Waals surface area contributed by atoms with E-state index >= 15 is 0 Å². The van der Waals surface area contributed by atoms with E-state index in [2.05, 4.69) is 15.5 Å². The molecular weight excluding hydrogens is 495 g/mol. The van der Waals surface area contributed by atoms with Gasteiger partial charge in [0.05, 0.1) is 27.6 Å². The lowest BCUT2D eigenvalue weighted by Gasteiger charge is -2.36. The van der Waals surface area contributed by atoms with Gasteiger partial charge in [0.1, 0.15) is 0 Å². The fourth-order valence-corrected chi connectivity index (χ4v) is 4.52. The molecule has 3 aromatic rings. The summed E-state index contributed by atoms with van der Waals surface area (Å²) >= 11 is 18.0.